The fourth-order valence-corrected chi connectivity index (χ4v) is 2.56. The summed E-state index contributed by atoms with van der Waals surface area (Å²) in [5.74, 6) is 5.61. The van der Waals surface area contributed by atoms with Crippen molar-refractivity contribution in [2.45, 2.75) is 31.3 Å². The van der Waals surface area contributed by atoms with Crippen LogP contribution >= 0.6 is 11.6 Å². The Hall–Kier alpha value is -1.54. The Morgan fingerprint density at radius 1 is 1.52 bits per heavy atom. The maximum atomic E-state index is 12.2. The van der Waals surface area contributed by atoms with Gasteiger partial charge in [0, 0.05) is 17.7 Å². The molecule has 1 fully saturated rings. The molecule has 1 aliphatic carbocycles. The summed E-state index contributed by atoms with van der Waals surface area (Å²) in [6.07, 6.45) is 3.32. The number of carbonyl (C=O) groups excluding carboxylic acids is 1. The quantitative estimate of drug-likeness (QED) is 0.840. The van der Waals surface area contributed by atoms with Gasteiger partial charge >= 0.3 is 0 Å². The van der Waals surface area contributed by atoms with Crippen LogP contribution in [0.25, 0.3) is 0 Å². The van der Waals surface area contributed by atoms with E-state index in [0.717, 1.165) is 19.3 Å². The van der Waals surface area contributed by atoms with E-state index in [1.807, 2.05) is 0 Å². The third kappa shape index (κ3) is 3.98. The molecule has 0 atom stereocenters. The van der Waals surface area contributed by atoms with Gasteiger partial charge in [0.1, 0.15) is 0 Å². The van der Waals surface area contributed by atoms with Gasteiger partial charge in [-0.15, -0.1) is 0 Å². The first-order valence-electron chi connectivity index (χ1n) is 6.92. The molecule has 1 amide bonds. The zero-order valence-electron chi connectivity index (χ0n) is 12.0. The zero-order valence-corrected chi connectivity index (χ0v) is 12.8. The van der Waals surface area contributed by atoms with Crippen molar-refractivity contribution in [3.63, 3.8) is 0 Å². The maximum Gasteiger partial charge on any atom is 0.227 e. The molecule has 0 spiro atoms. The lowest BCUT2D eigenvalue weighted by Crippen LogP contribution is -2.42. The average Bonchev–Trinajstić information content (AvgIpc) is 2.43. The molecule has 0 saturated heterocycles. The molecule has 1 aromatic rings. The molecule has 3 N–H and O–H groups in total. The van der Waals surface area contributed by atoms with E-state index in [4.69, 9.17) is 22.1 Å². The molecule has 112 valence electrons. The minimum absolute atomic E-state index is 0.0744. The van der Waals surface area contributed by atoms with Crippen LogP contribution in [-0.2, 0) is 9.53 Å². The van der Waals surface area contributed by atoms with E-state index in [1.165, 1.54) is 0 Å². The number of methoxy groups -OCH3 is 1. The minimum atomic E-state index is -0.292. The van der Waals surface area contributed by atoms with Gasteiger partial charge in [-0.3, -0.25) is 4.79 Å². The predicted molar refractivity (Wildman–Crippen MR) is 84.2 cm³/mol. The summed E-state index contributed by atoms with van der Waals surface area (Å²) >= 11 is 5.96. The highest BCUT2D eigenvalue weighted by Gasteiger charge is 2.39. The highest BCUT2D eigenvalue weighted by molar-refractivity contribution is 6.30. The number of nitrogens with one attached hydrogen (secondary N) is 1. The van der Waals surface area contributed by atoms with Gasteiger partial charge in [-0.2, -0.15) is 0 Å². The highest BCUT2D eigenvalue weighted by atomic mass is 35.5. The third-order valence-electron chi connectivity index (χ3n) is 3.76. The monoisotopic (exact) mass is 306 g/mol. The lowest BCUT2D eigenvalue weighted by atomic mass is 9.77. The molecule has 0 bridgehead atoms. The second-order valence-corrected chi connectivity index (χ2v) is 5.60. The average molecular weight is 307 g/mol. The summed E-state index contributed by atoms with van der Waals surface area (Å²) in [5, 5.41) is 3.45. The molecule has 0 radical (unpaired) electrons. The zero-order chi connectivity index (χ0) is 15.3. The molecule has 4 nitrogen and oxygen atoms in total. The van der Waals surface area contributed by atoms with E-state index in [2.05, 4.69) is 17.2 Å². The van der Waals surface area contributed by atoms with Crippen LogP contribution in [0.5, 0.6) is 0 Å². The second-order valence-electron chi connectivity index (χ2n) is 5.16. The van der Waals surface area contributed by atoms with Gasteiger partial charge in [0.05, 0.1) is 24.3 Å². The van der Waals surface area contributed by atoms with Gasteiger partial charge in [0.25, 0.3) is 0 Å². The first kappa shape index (κ1) is 15.8. The molecule has 1 aromatic carbocycles. The van der Waals surface area contributed by atoms with Crippen LogP contribution in [0.4, 0.5) is 5.69 Å². The van der Waals surface area contributed by atoms with Crippen LogP contribution in [0.15, 0.2) is 18.2 Å². The Bertz CT molecular complexity index is 580. The van der Waals surface area contributed by atoms with Gasteiger partial charge in [-0.25, -0.2) is 0 Å². The lowest BCUT2D eigenvalue weighted by Gasteiger charge is -2.39. The van der Waals surface area contributed by atoms with Crippen LogP contribution in [0, 0.1) is 11.8 Å². The van der Waals surface area contributed by atoms with Gasteiger partial charge in [-0.1, -0.05) is 23.4 Å². The van der Waals surface area contributed by atoms with Crippen molar-refractivity contribution in [1.29, 1.82) is 0 Å². The standard InChI is InChI=1S/C16H19ClN2O2/c1-21-16(7-3-8-16)11-15(20)19-14-6-5-13(17)10-12(14)4-2-9-18/h5-6,10H,3,7-9,11,18H2,1H3,(H,19,20). The third-order valence-corrected chi connectivity index (χ3v) is 4.00. The van der Waals surface area contributed by atoms with Crippen molar-refractivity contribution in [2.24, 2.45) is 5.73 Å². The Labute approximate surface area is 130 Å². The van der Waals surface area contributed by atoms with E-state index >= 15 is 0 Å². The number of anilines is 1. The number of halogens is 1. The number of rotatable bonds is 4. The molecule has 0 unspecified atom stereocenters. The summed E-state index contributed by atoms with van der Waals surface area (Å²) in [6, 6.07) is 5.19. The number of carbonyl (C=O) groups is 1. The minimum Gasteiger partial charge on any atom is -0.378 e. The summed E-state index contributed by atoms with van der Waals surface area (Å²) in [6.45, 7) is 0.257. The summed E-state index contributed by atoms with van der Waals surface area (Å²) in [5.41, 5.74) is 6.41. The van der Waals surface area contributed by atoms with Crippen molar-refractivity contribution < 1.29 is 9.53 Å². The molecular weight excluding hydrogens is 288 g/mol. The van der Waals surface area contributed by atoms with Crippen molar-refractivity contribution in [2.75, 3.05) is 19.0 Å². The molecule has 2 rings (SSSR count). The van der Waals surface area contributed by atoms with Gasteiger partial charge in [-0.05, 0) is 37.5 Å². The van der Waals surface area contributed by atoms with E-state index in [1.54, 1.807) is 25.3 Å². The number of hydrogen-bond acceptors (Lipinski definition) is 3. The number of ether oxygens (including phenoxy) is 1. The number of benzene rings is 1. The Balaban J connectivity index is 2.10. The summed E-state index contributed by atoms with van der Waals surface area (Å²) < 4.78 is 5.47. The number of hydrogen-bond donors (Lipinski definition) is 2. The van der Waals surface area contributed by atoms with E-state index in [-0.39, 0.29) is 18.1 Å². The first-order valence-corrected chi connectivity index (χ1v) is 7.30. The summed E-state index contributed by atoms with van der Waals surface area (Å²) in [4.78, 5) is 12.2. The number of nitrogens with two attached hydrogens (primary N) is 1. The van der Waals surface area contributed by atoms with Gasteiger partial charge < -0.3 is 15.8 Å². The summed E-state index contributed by atoms with van der Waals surface area (Å²) in [7, 11) is 1.66. The van der Waals surface area contributed by atoms with Crippen LogP contribution in [0.1, 0.15) is 31.2 Å². The van der Waals surface area contributed by atoms with Crippen molar-refractivity contribution >= 4 is 23.2 Å². The Kier molecular flexibility index (Phi) is 5.24. The van der Waals surface area contributed by atoms with E-state index < -0.39 is 0 Å². The first-order chi connectivity index (χ1) is 10.1. The molecule has 0 heterocycles. The van der Waals surface area contributed by atoms with Crippen LogP contribution in [0.3, 0.4) is 0 Å². The smallest absolute Gasteiger partial charge is 0.227 e. The van der Waals surface area contributed by atoms with Crippen molar-refractivity contribution in [3.8, 4) is 11.8 Å². The predicted octanol–water partition coefficient (Wildman–Crippen LogP) is 2.55. The van der Waals surface area contributed by atoms with E-state index in [0.29, 0.717) is 22.7 Å². The molecule has 0 aromatic heterocycles. The SMILES string of the molecule is COC1(CC(=O)Nc2ccc(Cl)cc2C#CCN)CCC1. The van der Waals surface area contributed by atoms with Crippen LogP contribution in [-0.4, -0.2) is 25.2 Å². The van der Waals surface area contributed by atoms with Gasteiger partial charge in [0.2, 0.25) is 5.91 Å². The molecule has 1 aliphatic rings. The topological polar surface area (TPSA) is 64.3 Å². The molecule has 21 heavy (non-hydrogen) atoms. The fourth-order valence-electron chi connectivity index (χ4n) is 2.39. The number of amides is 1. The second kappa shape index (κ2) is 6.95. The van der Waals surface area contributed by atoms with Crippen LogP contribution < -0.4 is 11.1 Å². The van der Waals surface area contributed by atoms with Crippen LogP contribution in [0.2, 0.25) is 5.02 Å². The van der Waals surface area contributed by atoms with Gasteiger partial charge in [0.15, 0.2) is 0 Å². The maximum absolute atomic E-state index is 12.2. The lowest BCUT2D eigenvalue weighted by molar-refractivity contribution is -0.129. The van der Waals surface area contributed by atoms with Crippen molar-refractivity contribution in [1.82, 2.24) is 0 Å². The highest BCUT2D eigenvalue weighted by Crippen LogP contribution is 2.38. The normalized spacial score (nSPS) is 15.6. The van der Waals surface area contributed by atoms with Crippen molar-refractivity contribution in [3.05, 3.63) is 28.8 Å². The fraction of sp³-hybridized carbons (Fsp3) is 0.438. The molecule has 5 heteroatoms. The largest absolute Gasteiger partial charge is 0.378 e. The molecule has 1 saturated carbocycles. The molecular formula is C16H19ClN2O2. The van der Waals surface area contributed by atoms with E-state index in [9.17, 15) is 4.79 Å². The Morgan fingerprint density at radius 3 is 2.86 bits per heavy atom. The Morgan fingerprint density at radius 2 is 2.29 bits per heavy atom. The molecule has 0 aliphatic heterocycles.